The summed E-state index contributed by atoms with van der Waals surface area (Å²) in [5, 5.41) is 2.64. The highest BCUT2D eigenvalue weighted by molar-refractivity contribution is 5.95. The van der Waals surface area contributed by atoms with Gasteiger partial charge in [-0.15, -0.1) is 0 Å². The molecule has 1 heterocycles. The predicted octanol–water partition coefficient (Wildman–Crippen LogP) is 2.28. The number of carbonyl (C=O) groups is 2. The van der Waals surface area contributed by atoms with E-state index in [2.05, 4.69) is 5.32 Å². The molecule has 2 aromatic carbocycles. The zero-order valence-electron chi connectivity index (χ0n) is 13.9. The molecule has 0 saturated carbocycles. The smallest absolute Gasteiger partial charge is 0.338 e. The number of fused-ring (bicyclic) bond motifs is 1. The molecule has 7 nitrogen and oxygen atoms in total. The second kappa shape index (κ2) is 7.12. The summed E-state index contributed by atoms with van der Waals surface area (Å²) in [4.78, 5) is 25.8. The van der Waals surface area contributed by atoms with Crippen molar-refractivity contribution in [1.82, 2.24) is 0 Å². The lowest BCUT2D eigenvalue weighted by Gasteiger charge is -2.12. The van der Waals surface area contributed by atoms with Crippen molar-refractivity contribution >= 4 is 23.3 Å². The van der Waals surface area contributed by atoms with E-state index in [1.807, 2.05) is 31.1 Å². The first-order valence-electron chi connectivity index (χ1n) is 7.67. The van der Waals surface area contributed by atoms with Crippen LogP contribution in [-0.4, -0.2) is 39.4 Å². The molecule has 0 aromatic heterocycles. The number of nitrogens with one attached hydrogen (secondary N) is 1. The van der Waals surface area contributed by atoms with Gasteiger partial charge in [0.1, 0.15) is 0 Å². The first-order chi connectivity index (χ1) is 12.0. The van der Waals surface area contributed by atoms with Gasteiger partial charge >= 0.3 is 5.97 Å². The number of anilines is 2. The summed E-state index contributed by atoms with van der Waals surface area (Å²) >= 11 is 0. The van der Waals surface area contributed by atoms with E-state index < -0.39 is 11.9 Å². The number of hydrogen-bond acceptors (Lipinski definition) is 6. The van der Waals surface area contributed by atoms with Crippen LogP contribution in [0.25, 0.3) is 0 Å². The molecule has 2 aromatic rings. The standard InChI is InChI=1S/C18H18N2O5/c1-20(2)14-6-3-12(4-7-14)18(22)23-10-17(21)19-13-5-8-15-16(9-13)25-11-24-15/h3-9H,10-11H2,1-2H3,(H,19,21). The molecular formula is C18H18N2O5. The van der Waals surface area contributed by atoms with Gasteiger partial charge in [-0.25, -0.2) is 4.79 Å². The van der Waals surface area contributed by atoms with Crippen molar-refractivity contribution < 1.29 is 23.8 Å². The maximum atomic E-state index is 12.0. The Kier molecular flexibility index (Phi) is 4.74. The summed E-state index contributed by atoms with van der Waals surface area (Å²) in [6.45, 7) is -0.209. The summed E-state index contributed by atoms with van der Waals surface area (Å²) < 4.78 is 15.5. The highest BCUT2D eigenvalue weighted by atomic mass is 16.7. The lowest BCUT2D eigenvalue weighted by Crippen LogP contribution is -2.21. The molecule has 0 radical (unpaired) electrons. The monoisotopic (exact) mass is 342 g/mol. The van der Waals surface area contributed by atoms with Crippen molar-refractivity contribution in [3.05, 3.63) is 48.0 Å². The molecule has 0 fully saturated rings. The minimum atomic E-state index is -0.550. The SMILES string of the molecule is CN(C)c1ccc(C(=O)OCC(=O)Nc2ccc3c(c2)OCO3)cc1. The van der Waals surface area contributed by atoms with Crippen LogP contribution in [0.4, 0.5) is 11.4 Å². The molecule has 1 aliphatic heterocycles. The van der Waals surface area contributed by atoms with Gasteiger partial charge < -0.3 is 24.4 Å². The fourth-order valence-electron chi connectivity index (χ4n) is 2.28. The van der Waals surface area contributed by atoms with Crippen molar-refractivity contribution in [2.45, 2.75) is 0 Å². The first-order valence-corrected chi connectivity index (χ1v) is 7.67. The molecule has 130 valence electrons. The van der Waals surface area contributed by atoms with Crippen molar-refractivity contribution in [2.75, 3.05) is 37.7 Å². The second-order valence-electron chi connectivity index (χ2n) is 5.63. The first kappa shape index (κ1) is 16.6. The van der Waals surface area contributed by atoms with Crippen molar-refractivity contribution in [1.29, 1.82) is 0 Å². The van der Waals surface area contributed by atoms with Gasteiger partial charge in [0, 0.05) is 31.5 Å². The Morgan fingerprint density at radius 1 is 1.08 bits per heavy atom. The Labute approximate surface area is 145 Å². The molecule has 0 aliphatic carbocycles. The molecule has 1 amide bonds. The molecule has 0 atom stereocenters. The molecule has 3 rings (SSSR count). The van der Waals surface area contributed by atoms with Gasteiger partial charge in [0.2, 0.25) is 6.79 Å². The quantitative estimate of drug-likeness (QED) is 0.840. The lowest BCUT2D eigenvalue weighted by atomic mass is 10.2. The van der Waals surface area contributed by atoms with E-state index in [0.29, 0.717) is 22.7 Å². The molecule has 0 bridgehead atoms. The van der Waals surface area contributed by atoms with E-state index in [1.54, 1.807) is 30.3 Å². The molecule has 25 heavy (non-hydrogen) atoms. The van der Waals surface area contributed by atoms with E-state index in [0.717, 1.165) is 5.69 Å². The van der Waals surface area contributed by atoms with Gasteiger partial charge in [-0.1, -0.05) is 0 Å². The number of rotatable bonds is 5. The number of nitrogens with zero attached hydrogens (tertiary/aromatic N) is 1. The van der Waals surface area contributed by atoms with Crippen LogP contribution in [-0.2, 0) is 9.53 Å². The van der Waals surface area contributed by atoms with Gasteiger partial charge in [-0.3, -0.25) is 4.79 Å². The largest absolute Gasteiger partial charge is 0.454 e. The van der Waals surface area contributed by atoms with Crippen LogP contribution in [0.15, 0.2) is 42.5 Å². The summed E-state index contributed by atoms with van der Waals surface area (Å²) in [5.41, 5.74) is 1.90. The van der Waals surface area contributed by atoms with Crippen LogP contribution in [0.1, 0.15) is 10.4 Å². The second-order valence-corrected chi connectivity index (χ2v) is 5.63. The molecule has 7 heteroatoms. The predicted molar refractivity (Wildman–Crippen MR) is 92.2 cm³/mol. The van der Waals surface area contributed by atoms with E-state index >= 15 is 0 Å². The van der Waals surface area contributed by atoms with Crippen LogP contribution >= 0.6 is 0 Å². The number of carbonyl (C=O) groups excluding carboxylic acids is 2. The molecule has 1 aliphatic rings. The molecule has 0 saturated heterocycles. The average Bonchev–Trinajstić information content (AvgIpc) is 3.07. The molecule has 0 unspecified atom stereocenters. The normalized spacial score (nSPS) is 11.8. The lowest BCUT2D eigenvalue weighted by molar-refractivity contribution is -0.119. The maximum absolute atomic E-state index is 12.0. The van der Waals surface area contributed by atoms with E-state index in [1.165, 1.54) is 0 Å². The third-order valence-corrected chi connectivity index (χ3v) is 3.61. The Bertz CT molecular complexity index is 787. The minimum absolute atomic E-state index is 0.164. The maximum Gasteiger partial charge on any atom is 0.338 e. The number of esters is 1. The van der Waals surface area contributed by atoms with Crippen LogP contribution in [0.5, 0.6) is 11.5 Å². The molecule has 0 spiro atoms. The van der Waals surface area contributed by atoms with Crippen molar-refractivity contribution in [3.8, 4) is 11.5 Å². The van der Waals surface area contributed by atoms with Gasteiger partial charge in [-0.05, 0) is 36.4 Å². The zero-order chi connectivity index (χ0) is 17.8. The third-order valence-electron chi connectivity index (χ3n) is 3.61. The minimum Gasteiger partial charge on any atom is -0.454 e. The zero-order valence-corrected chi connectivity index (χ0v) is 13.9. The van der Waals surface area contributed by atoms with Gasteiger partial charge in [-0.2, -0.15) is 0 Å². The van der Waals surface area contributed by atoms with Crippen molar-refractivity contribution in [3.63, 3.8) is 0 Å². The van der Waals surface area contributed by atoms with Gasteiger partial charge in [0.05, 0.1) is 5.56 Å². The van der Waals surface area contributed by atoms with E-state index in [9.17, 15) is 9.59 Å². The van der Waals surface area contributed by atoms with E-state index in [4.69, 9.17) is 14.2 Å². The number of ether oxygens (including phenoxy) is 3. The Morgan fingerprint density at radius 3 is 2.52 bits per heavy atom. The third kappa shape index (κ3) is 4.00. The number of benzene rings is 2. The van der Waals surface area contributed by atoms with Gasteiger partial charge in [0.15, 0.2) is 18.1 Å². The Hall–Kier alpha value is -3.22. The summed E-state index contributed by atoms with van der Waals surface area (Å²) in [6.07, 6.45) is 0. The van der Waals surface area contributed by atoms with Crippen LogP contribution < -0.4 is 19.7 Å². The van der Waals surface area contributed by atoms with Crippen LogP contribution in [0.2, 0.25) is 0 Å². The molecule has 1 N–H and O–H groups in total. The highest BCUT2D eigenvalue weighted by Gasteiger charge is 2.15. The fourth-order valence-corrected chi connectivity index (χ4v) is 2.28. The average molecular weight is 342 g/mol. The van der Waals surface area contributed by atoms with Crippen molar-refractivity contribution in [2.24, 2.45) is 0 Å². The number of hydrogen-bond donors (Lipinski definition) is 1. The number of amides is 1. The molecular weight excluding hydrogens is 324 g/mol. The Morgan fingerprint density at radius 2 is 1.80 bits per heavy atom. The fraction of sp³-hybridized carbons (Fsp3) is 0.222. The topological polar surface area (TPSA) is 77.1 Å². The highest BCUT2D eigenvalue weighted by Crippen LogP contribution is 2.34. The summed E-state index contributed by atoms with van der Waals surface area (Å²) in [5.74, 6) is 0.213. The van der Waals surface area contributed by atoms with Gasteiger partial charge in [0.25, 0.3) is 5.91 Å². The summed E-state index contributed by atoms with van der Waals surface area (Å²) in [6, 6.07) is 12.0. The van der Waals surface area contributed by atoms with Crippen LogP contribution in [0, 0.1) is 0 Å². The summed E-state index contributed by atoms with van der Waals surface area (Å²) in [7, 11) is 3.82. The van der Waals surface area contributed by atoms with Crippen LogP contribution in [0.3, 0.4) is 0 Å². The Balaban J connectivity index is 1.52. The van der Waals surface area contributed by atoms with E-state index in [-0.39, 0.29) is 13.4 Å².